The lowest BCUT2D eigenvalue weighted by Crippen LogP contribution is -2.17. The van der Waals surface area contributed by atoms with E-state index in [1.807, 2.05) is 44.2 Å². The fourth-order valence-corrected chi connectivity index (χ4v) is 2.16. The Morgan fingerprint density at radius 3 is 2.80 bits per heavy atom. The molecular formula is C17H23N5O3. The molecule has 25 heavy (non-hydrogen) atoms. The van der Waals surface area contributed by atoms with Gasteiger partial charge in [0.1, 0.15) is 12.1 Å². The number of anilines is 1. The molecule has 0 radical (unpaired) electrons. The van der Waals surface area contributed by atoms with Crippen LogP contribution in [0.25, 0.3) is 11.2 Å². The molecule has 0 amide bonds. The second-order valence-corrected chi connectivity index (χ2v) is 5.37. The summed E-state index contributed by atoms with van der Waals surface area (Å²) in [7, 11) is 1.57. The number of imidazole rings is 1. The highest BCUT2D eigenvalue weighted by atomic mass is 16.5. The van der Waals surface area contributed by atoms with Crippen molar-refractivity contribution >= 4 is 17.0 Å². The number of aromatic amines is 1. The number of nitrogens with one attached hydrogen (secondary N) is 1. The number of nitrogens with two attached hydrogens (primary N) is 1. The second-order valence-electron chi connectivity index (χ2n) is 5.37. The summed E-state index contributed by atoms with van der Waals surface area (Å²) in [5.74, 6) is 0.169. The third-order valence-corrected chi connectivity index (χ3v) is 3.35. The van der Waals surface area contributed by atoms with Gasteiger partial charge in [0.05, 0.1) is 13.2 Å². The van der Waals surface area contributed by atoms with Crippen LogP contribution in [0.3, 0.4) is 0 Å². The zero-order valence-corrected chi connectivity index (χ0v) is 14.7. The van der Waals surface area contributed by atoms with Crippen molar-refractivity contribution < 1.29 is 9.47 Å². The predicted molar refractivity (Wildman–Crippen MR) is 97.6 cm³/mol. The number of hydrogen-bond donors (Lipinski definition) is 2. The normalized spacial score (nSPS) is 12.7. The van der Waals surface area contributed by atoms with Crippen LogP contribution >= 0.6 is 0 Å². The molecule has 3 N–H and O–H groups in total. The number of H-pyrrole nitrogens is 1. The molecule has 2 aromatic heterocycles. The molecule has 8 nitrogen and oxygen atoms in total. The Morgan fingerprint density at radius 2 is 2.08 bits per heavy atom. The highest BCUT2D eigenvalue weighted by molar-refractivity contribution is 5.81. The fourth-order valence-electron chi connectivity index (χ4n) is 2.16. The molecule has 134 valence electrons. The molecule has 2 rings (SSSR count). The average molecular weight is 345 g/mol. The van der Waals surface area contributed by atoms with Gasteiger partial charge in [-0.3, -0.25) is 4.57 Å². The molecule has 0 saturated heterocycles. The van der Waals surface area contributed by atoms with Crippen molar-refractivity contribution in [3.63, 3.8) is 0 Å². The van der Waals surface area contributed by atoms with Crippen LogP contribution in [0.1, 0.15) is 13.8 Å². The molecule has 2 heterocycles. The van der Waals surface area contributed by atoms with Gasteiger partial charge in [-0.15, -0.1) is 0 Å². The van der Waals surface area contributed by atoms with E-state index in [4.69, 9.17) is 15.2 Å². The highest BCUT2D eigenvalue weighted by Gasteiger charge is 2.14. The summed E-state index contributed by atoms with van der Waals surface area (Å²) in [6, 6.07) is 0.115. The molecular weight excluding hydrogens is 322 g/mol. The van der Waals surface area contributed by atoms with Crippen molar-refractivity contribution in [1.29, 1.82) is 0 Å². The molecule has 0 spiro atoms. The molecule has 0 saturated carbocycles. The van der Waals surface area contributed by atoms with E-state index in [2.05, 4.69) is 15.0 Å². The highest BCUT2D eigenvalue weighted by Crippen LogP contribution is 2.18. The lowest BCUT2D eigenvalue weighted by molar-refractivity contribution is 0.141. The third-order valence-electron chi connectivity index (χ3n) is 3.35. The van der Waals surface area contributed by atoms with Gasteiger partial charge in [0.25, 0.3) is 0 Å². The molecule has 0 aromatic carbocycles. The number of nitrogen functional groups attached to an aromatic ring is 1. The van der Waals surface area contributed by atoms with E-state index in [1.165, 1.54) is 4.57 Å². The van der Waals surface area contributed by atoms with E-state index in [9.17, 15) is 4.79 Å². The summed E-state index contributed by atoms with van der Waals surface area (Å²) in [6.07, 6.45) is 9.64. The Balaban J connectivity index is 2.32. The van der Waals surface area contributed by atoms with Crippen molar-refractivity contribution in [2.75, 3.05) is 26.1 Å². The van der Waals surface area contributed by atoms with Gasteiger partial charge in [-0.25, -0.2) is 4.79 Å². The summed E-state index contributed by atoms with van der Waals surface area (Å²) in [5.41, 5.74) is 7.42. The molecule has 0 fully saturated rings. The topological polar surface area (TPSA) is 108 Å². The van der Waals surface area contributed by atoms with Crippen molar-refractivity contribution in [3.05, 3.63) is 46.4 Å². The van der Waals surface area contributed by atoms with Gasteiger partial charge in [0, 0.05) is 7.11 Å². The minimum Gasteiger partial charge on any atom is -0.461 e. The van der Waals surface area contributed by atoms with Crippen LogP contribution in [0.2, 0.25) is 0 Å². The van der Waals surface area contributed by atoms with Crippen LogP contribution in [0.15, 0.2) is 40.7 Å². The zero-order valence-electron chi connectivity index (χ0n) is 14.7. The summed E-state index contributed by atoms with van der Waals surface area (Å²) >= 11 is 0. The van der Waals surface area contributed by atoms with E-state index in [-0.39, 0.29) is 17.5 Å². The monoisotopic (exact) mass is 345 g/mol. The number of aromatic nitrogens is 4. The van der Waals surface area contributed by atoms with Crippen molar-refractivity contribution in [1.82, 2.24) is 19.5 Å². The minimum absolute atomic E-state index is 0.115. The smallest absolute Gasteiger partial charge is 0.328 e. The first-order valence-electron chi connectivity index (χ1n) is 7.89. The Bertz CT molecular complexity index is 861. The number of methoxy groups -OCH3 is 1. The average Bonchev–Trinajstić information content (AvgIpc) is 2.89. The van der Waals surface area contributed by atoms with Gasteiger partial charge in [0.2, 0.25) is 0 Å². The molecule has 0 atom stereocenters. The first kappa shape index (κ1) is 18.5. The standard InChI is InChI=1S/C17H23N5O3/c1-4-5-6-7-8-12(2)11-22-15-13(19-17(22)23)14(18)20-16(21-15)25-10-9-24-3/h4-8H,9-11H2,1-3H3,(H,19,23)(H2,18,20,21)/b5-4-,7-6-,12-8+. The van der Waals surface area contributed by atoms with Gasteiger partial charge in [-0.05, 0) is 13.8 Å². The second kappa shape index (κ2) is 8.84. The van der Waals surface area contributed by atoms with Gasteiger partial charge >= 0.3 is 11.7 Å². The van der Waals surface area contributed by atoms with Crippen molar-refractivity contribution in [3.8, 4) is 6.01 Å². The van der Waals surface area contributed by atoms with Gasteiger partial charge in [-0.2, -0.15) is 9.97 Å². The quantitative estimate of drug-likeness (QED) is 0.558. The number of rotatable bonds is 8. The maximum atomic E-state index is 12.2. The lowest BCUT2D eigenvalue weighted by Gasteiger charge is -2.06. The Kier molecular flexibility index (Phi) is 6.53. The Hall–Kier alpha value is -2.87. The molecule has 0 aliphatic carbocycles. The van der Waals surface area contributed by atoms with Gasteiger partial charge in [0.15, 0.2) is 11.5 Å². The van der Waals surface area contributed by atoms with E-state index in [0.717, 1.165) is 5.57 Å². The summed E-state index contributed by atoms with van der Waals surface area (Å²) < 4.78 is 11.8. The van der Waals surface area contributed by atoms with Crippen molar-refractivity contribution in [2.45, 2.75) is 20.4 Å². The van der Waals surface area contributed by atoms with Gasteiger partial charge in [-0.1, -0.05) is 36.0 Å². The largest absolute Gasteiger partial charge is 0.461 e. The van der Waals surface area contributed by atoms with Crippen molar-refractivity contribution in [2.24, 2.45) is 0 Å². The lowest BCUT2D eigenvalue weighted by atomic mass is 10.2. The number of ether oxygens (including phenoxy) is 2. The van der Waals surface area contributed by atoms with Crippen LogP contribution in [0.4, 0.5) is 5.82 Å². The molecule has 2 aromatic rings. The first-order valence-corrected chi connectivity index (χ1v) is 7.89. The number of hydrogen-bond acceptors (Lipinski definition) is 6. The first-order chi connectivity index (χ1) is 12.1. The molecule has 0 aliphatic rings. The van der Waals surface area contributed by atoms with E-state index in [1.54, 1.807) is 7.11 Å². The van der Waals surface area contributed by atoms with E-state index in [0.29, 0.717) is 30.9 Å². The number of nitrogens with zero attached hydrogens (tertiary/aromatic N) is 3. The summed E-state index contributed by atoms with van der Waals surface area (Å²) in [4.78, 5) is 23.3. The van der Waals surface area contributed by atoms with Crippen LogP contribution in [-0.4, -0.2) is 39.8 Å². The van der Waals surface area contributed by atoms with Crippen LogP contribution in [0.5, 0.6) is 6.01 Å². The van der Waals surface area contributed by atoms with Crippen LogP contribution < -0.4 is 16.2 Å². The SMILES string of the molecule is C\C=C/C=C\C=C(/C)Cn1c(=O)[nH]c2c(N)nc(OCCOC)nc21. The van der Waals surface area contributed by atoms with E-state index < -0.39 is 0 Å². The summed E-state index contributed by atoms with van der Waals surface area (Å²) in [5, 5.41) is 0. The molecule has 8 heteroatoms. The van der Waals surface area contributed by atoms with Gasteiger partial charge < -0.3 is 20.2 Å². The fraction of sp³-hybridized carbons (Fsp3) is 0.353. The summed E-state index contributed by atoms with van der Waals surface area (Å²) in [6.45, 7) is 4.97. The van der Waals surface area contributed by atoms with Crippen LogP contribution in [0, 0.1) is 0 Å². The zero-order chi connectivity index (χ0) is 18.2. The maximum Gasteiger partial charge on any atom is 0.328 e. The van der Waals surface area contributed by atoms with Crippen LogP contribution in [-0.2, 0) is 11.3 Å². The predicted octanol–water partition coefficient (Wildman–Crippen LogP) is 1.81. The number of allylic oxidation sites excluding steroid dienone is 6. The minimum atomic E-state index is -0.296. The Morgan fingerprint density at radius 1 is 1.28 bits per heavy atom. The third kappa shape index (κ3) is 4.80. The Labute approximate surface area is 145 Å². The number of fused-ring (bicyclic) bond motifs is 1. The molecule has 0 bridgehead atoms. The van der Waals surface area contributed by atoms with E-state index >= 15 is 0 Å². The maximum absolute atomic E-state index is 12.2. The molecule has 0 aliphatic heterocycles. The molecule has 0 unspecified atom stereocenters.